The number of benzene rings is 1. The summed E-state index contributed by atoms with van der Waals surface area (Å²) >= 11 is 5.99. The van der Waals surface area contributed by atoms with Gasteiger partial charge in [-0.05, 0) is 42.7 Å². The molecule has 3 nitrogen and oxygen atoms in total. The molecule has 0 aliphatic heterocycles. The number of aromatic amines is 1. The highest BCUT2D eigenvalue weighted by Gasteiger charge is 2.13. The Kier molecular flexibility index (Phi) is 3.73. The minimum Gasteiger partial charge on any atom is -0.325 e. The first-order valence-corrected chi connectivity index (χ1v) is 6.37. The van der Waals surface area contributed by atoms with Gasteiger partial charge in [0.25, 0.3) is 5.56 Å². The number of aryl methyl sites for hydroxylation is 2. The van der Waals surface area contributed by atoms with Gasteiger partial charge in [0.15, 0.2) is 0 Å². The summed E-state index contributed by atoms with van der Waals surface area (Å²) in [6, 6.07) is 9.30. The van der Waals surface area contributed by atoms with Crippen LogP contribution in [0.5, 0.6) is 0 Å². The van der Waals surface area contributed by atoms with Gasteiger partial charge in [-0.1, -0.05) is 24.6 Å². The number of aromatic nitrogens is 1. The van der Waals surface area contributed by atoms with Crippen LogP contribution in [0, 0.1) is 18.3 Å². The van der Waals surface area contributed by atoms with Gasteiger partial charge in [0, 0.05) is 16.3 Å². The topological polar surface area (TPSA) is 56.6 Å². The lowest BCUT2D eigenvalue weighted by atomic mass is 9.95. The molecule has 96 valence electrons. The number of nitrogens with one attached hydrogen (secondary N) is 1. The molecule has 0 aliphatic rings. The molecule has 1 aromatic carbocycles. The van der Waals surface area contributed by atoms with Crippen LogP contribution in [0.3, 0.4) is 0 Å². The first-order valence-electron chi connectivity index (χ1n) is 5.99. The van der Waals surface area contributed by atoms with E-state index in [2.05, 4.69) is 4.98 Å². The first kappa shape index (κ1) is 13.4. The maximum absolute atomic E-state index is 11.8. The number of halogens is 1. The van der Waals surface area contributed by atoms with Gasteiger partial charge >= 0.3 is 0 Å². The zero-order valence-electron chi connectivity index (χ0n) is 10.7. The molecule has 0 radical (unpaired) electrons. The van der Waals surface area contributed by atoms with E-state index >= 15 is 0 Å². The van der Waals surface area contributed by atoms with Gasteiger partial charge in [-0.3, -0.25) is 4.79 Å². The normalized spacial score (nSPS) is 10.2. The molecule has 0 saturated carbocycles. The SMILES string of the molecule is CCc1cc(Cl)ccc1-c1cc(C)[nH]c(=O)c1C#N. The molecule has 0 fully saturated rings. The van der Waals surface area contributed by atoms with E-state index in [1.165, 1.54) is 0 Å². The molecule has 0 atom stereocenters. The summed E-state index contributed by atoms with van der Waals surface area (Å²) in [5, 5.41) is 9.83. The summed E-state index contributed by atoms with van der Waals surface area (Å²) in [4.78, 5) is 14.5. The van der Waals surface area contributed by atoms with E-state index in [1.54, 1.807) is 13.0 Å². The number of hydrogen-bond acceptors (Lipinski definition) is 2. The lowest BCUT2D eigenvalue weighted by Crippen LogP contribution is -2.13. The second-order valence-electron chi connectivity index (χ2n) is 4.34. The highest BCUT2D eigenvalue weighted by Crippen LogP contribution is 2.28. The maximum Gasteiger partial charge on any atom is 0.266 e. The molecule has 1 aromatic heterocycles. The summed E-state index contributed by atoms with van der Waals surface area (Å²) in [6.07, 6.45) is 0.784. The van der Waals surface area contributed by atoms with Crippen LogP contribution in [0.15, 0.2) is 29.1 Å². The molecule has 1 heterocycles. The minimum absolute atomic E-state index is 0.141. The summed E-state index contributed by atoms with van der Waals surface area (Å²) in [7, 11) is 0. The number of rotatable bonds is 2. The predicted molar refractivity (Wildman–Crippen MR) is 76.3 cm³/mol. The van der Waals surface area contributed by atoms with Crippen molar-refractivity contribution in [1.82, 2.24) is 4.98 Å². The molecular formula is C15H13ClN2O. The number of hydrogen-bond donors (Lipinski definition) is 1. The lowest BCUT2D eigenvalue weighted by molar-refractivity contribution is 1.11. The summed E-state index contributed by atoms with van der Waals surface area (Å²) in [6.45, 7) is 3.81. The fourth-order valence-corrected chi connectivity index (χ4v) is 2.32. The molecule has 0 spiro atoms. The van der Waals surface area contributed by atoms with E-state index < -0.39 is 0 Å². The molecule has 0 aliphatic carbocycles. The molecule has 0 bridgehead atoms. The Morgan fingerprint density at radius 1 is 1.32 bits per heavy atom. The molecule has 0 amide bonds. The van der Waals surface area contributed by atoms with Crippen molar-refractivity contribution >= 4 is 11.6 Å². The van der Waals surface area contributed by atoms with Crippen LogP contribution in [0.25, 0.3) is 11.1 Å². The highest BCUT2D eigenvalue weighted by atomic mass is 35.5. The lowest BCUT2D eigenvalue weighted by Gasteiger charge is -2.10. The molecule has 19 heavy (non-hydrogen) atoms. The van der Waals surface area contributed by atoms with Crippen molar-refractivity contribution in [2.24, 2.45) is 0 Å². The van der Waals surface area contributed by atoms with Gasteiger partial charge in [0.2, 0.25) is 0 Å². The Bertz CT molecular complexity index is 726. The number of pyridine rings is 1. The fraction of sp³-hybridized carbons (Fsp3) is 0.200. The van der Waals surface area contributed by atoms with Gasteiger partial charge in [0.05, 0.1) is 0 Å². The van der Waals surface area contributed by atoms with Crippen molar-refractivity contribution in [3.8, 4) is 17.2 Å². The Morgan fingerprint density at radius 3 is 2.68 bits per heavy atom. The smallest absolute Gasteiger partial charge is 0.266 e. The highest BCUT2D eigenvalue weighted by molar-refractivity contribution is 6.30. The number of nitriles is 1. The second kappa shape index (κ2) is 5.29. The van der Waals surface area contributed by atoms with Crippen LogP contribution in [-0.4, -0.2) is 4.98 Å². The van der Waals surface area contributed by atoms with E-state index in [4.69, 9.17) is 11.6 Å². The Balaban J connectivity index is 2.79. The van der Waals surface area contributed by atoms with Crippen LogP contribution >= 0.6 is 11.6 Å². The van der Waals surface area contributed by atoms with Crippen LogP contribution in [-0.2, 0) is 6.42 Å². The van der Waals surface area contributed by atoms with E-state index in [9.17, 15) is 10.1 Å². The monoisotopic (exact) mass is 272 g/mol. The Labute approximate surface area is 116 Å². The third-order valence-electron chi connectivity index (χ3n) is 3.02. The van der Waals surface area contributed by atoms with Crippen LogP contribution in [0.2, 0.25) is 5.02 Å². The van der Waals surface area contributed by atoms with E-state index in [0.717, 1.165) is 23.2 Å². The van der Waals surface area contributed by atoms with Gasteiger partial charge in [-0.15, -0.1) is 0 Å². The molecule has 1 N–H and O–H groups in total. The maximum atomic E-state index is 11.8. The van der Waals surface area contributed by atoms with Gasteiger partial charge in [-0.25, -0.2) is 0 Å². The summed E-state index contributed by atoms with van der Waals surface area (Å²) < 4.78 is 0. The Hall–Kier alpha value is -2.05. The zero-order valence-corrected chi connectivity index (χ0v) is 11.5. The number of H-pyrrole nitrogens is 1. The summed E-state index contributed by atoms with van der Waals surface area (Å²) in [5.74, 6) is 0. The Morgan fingerprint density at radius 2 is 2.05 bits per heavy atom. The van der Waals surface area contributed by atoms with Crippen LogP contribution in [0.1, 0.15) is 23.7 Å². The van der Waals surface area contributed by atoms with Crippen molar-refractivity contribution in [2.45, 2.75) is 20.3 Å². The third kappa shape index (κ3) is 2.54. The number of nitrogens with zero attached hydrogens (tertiary/aromatic N) is 1. The zero-order chi connectivity index (χ0) is 14.0. The van der Waals surface area contributed by atoms with Gasteiger partial charge in [0.1, 0.15) is 11.6 Å². The average molecular weight is 273 g/mol. The minimum atomic E-state index is -0.352. The van der Waals surface area contributed by atoms with Gasteiger partial charge in [-0.2, -0.15) is 5.26 Å². The third-order valence-corrected chi connectivity index (χ3v) is 3.25. The first-order chi connectivity index (χ1) is 9.06. The summed E-state index contributed by atoms with van der Waals surface area (Å²) in [5.41, 5.74) is 3.09. The molecule has 2 rings (SSSR count). The molecule has 0 saturated heterocycles. The largest absolute Gasteiger partial charge is 0.325 e. The van der Waals surface area contributed by atoms with Gasteiger partial charge < -0.3 is 4.98 Å². The molecule has 0 unspecified atom stereocenters. The van der Waals surface area contributed by atoms with Crippen LogP contribution < -0.4 is 5.56 Å². The quantitative estimate of drug-likeness (QED) is 0.910. The molecule has 2 aromatic rings. The van der Waals surface area contributed by atoms with Crippen molar-refractivity contribution < 1.29 is 0 Å². The van der Waals surface area contributed by atoms with Crippen molar-refractivity contribution in [3.05, 3.63) is 56.5 Å². The van der Waals surface area contributed by atoms with Crippen LogP contribution in [0.4, 0.5) is 0 Å². The average Bonchev–Trinajstić information content (AvgIpc) is 2.37. The van der Waals surface area contributed by atoms with Crippen molar-refractivity contribution in [1.29, 1.82) is 5.26 Å². The van der Waals surface area contributed by atoms with E-state index in [1.807, 2.05) is 31.2 Å². The molecule has 4 heteroatoms. The molecular weight excluding hydrogens is 260 g/mol. The standard InChI is InChI=1S/C15H13ClN2O/c1-3-10-7-11(16)4-5-12(10)13-6-9(2)18-15(19)14(13)8-17/h4-7H,3H2,1-2H3,(H,18,19). The predicted octanol–water partition coefficient (Wildman–Crippen LogP) is 3.44. The fourth-order valence-electron chi connectivity index (χ4n) is 2.13. The van der Waals surface area contributed by atoms with Crippen molar-refractivity contribution in [2.75, 3.05) is 0 Å². The van der Waals surface area contributed by atoms with E-state index in [0.29, 0.717) is 10.6 Å². The van der Waals surface area contributed by atoms with E-state index in [-0.39, 0.29) is 11.1 Å². The van der Waals surface area contributed by atoms with Crippen molar-refractivity contribution in [3.63, 3.8) is 0 Å². The second-order valence-corrected chi connectivity index (χ2v) is 4.77.